The topological polar surface area (TPSA) is 21.3 Å². The molecule has 2 unspecified atom stereocenters. The molecule has 90 valence electrons. The average molecular weight is 213 g/mol. The zero-order valence-corrected chi connectivity index (χ0v) is 10.8. The van der Waals surface area contributed by atoms with Crippen molar-refractivity contribution in [2.24, 2.45) is 11.8 Å². The van der Waals surface area contributed by atoms with Crippen LogP contribution in [0, 0.1) is 11.8 Å². The first kappa shape index (κ1) is 13.0. The van der Waals surface area contributed by atoms with Crippen molar-refractivity contribution in [3.63, 3.8) is 0 Å². The highest BCUT2D eigenvalue weighted by Gasteiger charge is 2.26. The van der Waals surface area contributed by atoms with E-state index in [1.807, 2.05) is 0 Å². The molecule has 0 heterocycles. The molecule has 1 fully saturated rings. The number of ether oxygens (including phenoxy) is 1. The SMILES string of the molecule is CC(C)OCCNC1C(C)CCCC1C. The van der Waals surface area contributed by atoms with E-state index in [4.69, 9.17) is 4.74 Å². The summed E-state index contributed by atoms with van der Waals surface area (Å²) in [5, 5.41) is 3.65. The van der Waals surface area contributed by atoms with Gasteiger partial charge in [0.05, 0.1) is 12.7 Å². The minimum absolute atomic E-state index is 0.355. The Balaban J connectivity index is 2.17. The third-order valence-electron chi connectivity index (χ3n) is 3.48. The minimum atomic E-state index is 0.355. The highest BCUT2D eigenvalue weighted by molar-refractivity contribution is 4.83. The normalized spacial score (nSPS) is 32.2. The van der Waals surface area contributed by atoms with E-state index in [2.05, 4.69) is 33.0 Å². The van der Waals surface area contributed by atoms with E-state index < -0.39 is 0 Å². The first-order valence-corrected chi connectivity index (χ1v) is 6.46. The van der Waals surface area contributed by atoms with Crippen LogP contribution in [0.15, 0.2) is 0 Å². The molecule has 1 N–H and O–H groups in total. The van der Waals surface area contributed by atoms with Gasteiger partial charge in [-0.25, -0.2) is 0 Å². The van der Waals surface area contributed by atoms with Crippen LogP contribution in [0.3, 0.4) is 0 Å². The van der Waals surface area contributed by atoms with Crippen molar-refractivity contribution in [1.29, 1.82) is 0 Å². The molecule has 0 saturated heterocycles. The molecule has 1 aliphatic rings. The largest absolute Gasteiger partial charge is 0.377 e. The third kappa shape index (κ3) is 4.52. The van der Waals surface area contributed by atoms with E-state index >= 15 is 0 Å². The van der Waals surface area contributed by atoms with E-state index in [1.165, 1.54) is 19.3 Å². The first-order chi connectivity index (χ1) is 7.11. The Morgan fingerprint density at radius 3 is 2.33 bits per heavy atom. The monoisotopic (exact) mass is 213 g/mol. The summed E-state index contributed by atoms with van der Waals surface area (Å²) >= 11 is 0. The fourth-order valence-electron chi connectivity index (χ4n) is 2.60. The van der Waals surface area contributed by atoms with Crippen LogP contribution in [-0.4, -0.2) is 25.3 Å². The number of rotatable bonds is 5. The molecule has 0 bridgehead atoms. The average Bonchev–Trinajstić information content (AvgIpc) is 2.15. The molecule has 0 amide bonds. The number of nitrogens with one attached hydrogen (secondary N) is 1. The van der Waals surface area contributed by atoms with Gasteiger partial charge >= 0.3 is 0 Å². The second kappa shape index (κ2) is 6.49. The standard InChI is InChI=1S/C13H27NO/c1-10(2)15-9-8-14-13-11(3)6-5-7-12(13)4/h10-14H,5-9H2,1-4H3. The van der Waals surface area contributed by atoms with Crippen molar-refractivity contribution in [2.75, 3.05) is 13.2 Å². The van der Waals surface area contributed by atoms with E-state index in [0.717, 1.165) is 25.0 Å². The summed E-state index contributed by atoms with van der Waals surface area (Å²) in [4.78, 5) is 0. The smallest absolute Gasteiger partial charge is 0.0594 e. The molecule has 0 aromatic carbocycles. The Morgan fingerprint density at radius 2 is 1.80 bits per heavy atom. The van der Waals surface area contributed by atoms with Crippen molar-refractivity contribution >= 4 is 0 Å². The summed E-state index contributed by atoms with van der Waals surface area (Å²) in [6.07, 6.45) is 4.52. The molecule has 2 nitrogen and oxygen atoms in total. The Kier molecular flexibility index (Phi) is 5.62. The second-order valence-electron chi connectivity index (χ2n) is 5.28. The summed E-state index contributed by atoms with van der Waals surface area (Å²) in [6, 6.07) is 0.703. The Labute approximate surface area is 94.8 Å². The van der Waals surface area contributed by atoms with Crippen molar-refractivity contribution in [3.05, 3.63) is 0 Å². The number of hydrogen-bond donors (Lipinski definition) is 1. The molecule has 2 atom stereocenters. The fourth-order valence-corrected chi connectivity index (χ4v) is 2.60. The van der Waals surface area contributed by atoms with Gasteiger partial charge in [-0.1, -0.05) is 20.3 Å². The maximum atomic E-state index is 5.54. The first-order valence-electron chi connectivity index (χ1n) is 6.46. The van der Waals surface area contributed by atoms with Crippen LogP contribution in [0.4, 0.5) is 0 Å². The highest BCUT2D eigenvalue weighted by Crippen LogP contribution is 2.28. The van der Waals surface area contributed by atoms with Gasteiger partial charge in [-0.2, -0.15) is 0 Å². The molecule has 0 aromatic rings. The van der Waals surface area contributed by atoms with Crippen LogP contribution in [0.1, 0.15) is 47.0 Å². The minimum Gasteiger partial charge on any atom is -0.377 e. The summed E-state index contributed by atoms with van der Waals surface area (Å²) in [7, 11) is 0. The maximum Gasteiger partial charge on any atom is 0.0594 e. The zero-order valence-electron chi connectivity index (χ0n) is 10.8. The van der Waals surface area contributed by atoms with Gasteiger partial charge in [0.15, 0.2) is 0 Å². The molecule has 1 rings (SSSR count). The maximum absolute atomic E-state index is 5.54. The van der Waals surface area contributed by atoms with E-state index in [1.54, 1.807) is 0 Å². The van der Waals surface area contributed by atoms with Crippen LogP contribution >= 0.6 is 0 Å². The lowest BCUT2D eigenvalue weighted by molar-refractivity contribution is 0.0743. The van der Waals surface area contributed by atoms with Crippen molar-refractivity contribution in [2.45, 2.75) is 59.1 Å². The van der Waals surface area contributed by atoms with Crippen LogP contribution in [0.2, 0.25) is 0 Å². The fraction of sp³-hybridized carbons (Fsp3) is 1.00. The molecule has 0 radical (unpaired) electrons. The van der Waals surface area contributed by atoms with Crippen LogP contribution < -0.4 is 5.32 Å². The van der Waals surface area contributed by atoms with Gasteiger partial charge in [0.2, 0.25) is 0 Å². The summed E-state index contributed by atoms with van der Waals surface area (Å²) in [5.74, 6) is 1.65. The van der Waals surface area contributed by atoms with Crippen molar-refractivity contribution in [1.82, 2.24) is 5.32 Å². The quantitative estimate of drug-likeness (QED) is 0.709. The molecule has 15 heavy (non-hydrogen) atoms. The van der Waals surface area contributed by atoms with Crippen LogP contribution in [-0.2, 0) is 4.74 Å². The predicted octanol–water partition coefficient (Wildman–Crippen LogP) is 2.83. The van der Waals surface area contributed by atoms with Crippen LogP contribution in [0.5, 0.6) is 0 Å². The van der Waals surface area contributed by atoms with Gasteiger partial charge in [0.25, 0.3) is 0 Å². The Hall–Kier alpha value is -0.0800. The van der Waals surface area contributed by atoms with E-state index in [0.29, 0.717) is 12.1 Å². The van der Waals surface area contributed by atoms with Crippen molar-refractivity contribution < 1.29 is 4.74 Å². The highest BCUT2D eigenvalue weighted by atomic mass is 16.5. The molecule has 0 spiro atoms. The van der Waals surface area contributed by atoms with E-state index in [-0.39, 0.29) is 0 Å². The molecule has 0 aromatic heterocycles. The van der Waals surface area contributed by atoms with E-state index in [9.17, 15) is 0 Å². The van der Waals surface area contributed by atoms with Gasteiger partial charge in [-0.3, -0.25) is 0 Å². The lowest BCUT2D eigenvalue weighted by Crippen LogP contribution is -2.44. The number of hydrogen-bond acceptors (Lipinski definition) is 2. The summed E-state index contributed by atoms with van der Waals surface area (Å²) in [6.45, 7) is 10.8. The van der Waals surface area contributed by atoms with Gasteiger partial charge in [0.1, 0.15) is 0 Å². The molecule has 0 aliphatic heterocycles. The Bertz CT molecular complexity index is 160. The molecule has 1 aliphatic carbocycles. The molecule has 2 heteroatoms. The summed E-state index contributed by atoms with van der Waals surface area (Å²) < 4.78 is 5.54. The second-order valence-corrected chi connectivity index (χ2v) is 5.28. The third-order valence-corrected chi connectivity index (χ3v) is 3.48. The predicted molar refractivity (Wildman–Crippen MR) is 65.1 cm³/mol. The lowest BCUT2D eigenvalue weighted by atomic mass is 9.79. The van der Waals surface area contributed by atoms with Gasteiger partial charge in [-0.15, -0.1) is 0 Å². The lowest BCUT2D eigenvalue weighted by Gasteiger charge is -2.35. The van der Waals surface area contributed by atoms with Crippen LogP contribution in [0.25, 0.3) is 0 Å². The molecular weight excluding hydrogens is 186 g/mol. The Morgan fingerprint density at radius 1 is 1.20 bits per heavy atom. The van der Waals surface area contributed by atoms with Gasteiger partial charge < -0.3 is 10.1 Å². The van der Waals surface area contributed by atoms with Gasteiger partial charge in [0, 0.05) is 12.6 Å². The summed E-state index contributed by atoms with van der Waals surface area (Å²) in [5.41, 5.74) is 0. The molecule has 1 saturated carbocycles. The molecular formula is C13H27NO. The van der Waals surface area contributed by atoms with Crippen molar-refractivity contribution in [3.8, 4) is 0 Å². The zero-order chi connectivity index (χ0) is 11.3. The van der Waals surface area contributed by atoms with Gasteiger partial charge in [-0.05, 0) is 38.5 Å².